The highest BCUT2D eigenvalue weighted by atomic mass is 32.2. The third-order valence-corrected chi connectivity index (χ3v) is 3.17. The van der Waals surface area contributed by atoms with Gasteiger partial charge in [0.05, 0.1) is 12.0 Å². The average Bonchev–Trinajstić information content (AvgIpc) is 2.46. The number of nitrogens with zero attached hydrogens (tertiary/aromatic N) is 3. The zero-order valence-corrected chi connectivity index (χ0v) is 11.4. The van der Waals surface area contributed by atoms with E-state index in [4.69, 9.17) is 0 Å². The van der Waals surface area contributed by atoms with E-state index in [1.165, 1.54) is 25.4 Å². The summed E-state index contributed by atoms with van der Waals surface area (Å²) in [5, 5.41) is 11.0. The third-order valence-electron chi connectivity index (χ3n) is 2.27. The molecule has 0 unspecified atom stereocenters. The summed E-state index contributed by atoms with van der Waals surface area (Å²) in [6.07, 6.45) is 1.26. The number of H-pyrrole nitrogens is 1. The molecule has 0 radical (unpaired) electrons. The second-order valence-electron chi connectivity index (χ2n) is 3.61. The van der Waals surface area contributed by atoms with Crippen molar-refractivity contribution in [3.8, 4) is 0 Å². The summed E-state index contributed by atoms with van der Waals surface area (Å²) in [5.41, 5.74) is -0.790. The Labute approximate surface area is 121 Å². The Morgan fingerprint density at radius 2 is 2.19 bits per heavy atom. The van der Waals surface area contributed by atoms with Crippen LogP contribution in [-0.2, 0) is 4.74 Å². The molecule has 2 heterocycles. The van der Waals surface area contributed by atoms with Crippen LogP contribution in [0.25, 0.3) is 0 Å². The second kappa shape index (κ2) is 6.13. The Kier molecular flexibility index (Phi) is 4.28. The van der Waals surface area contributed by atoms with Crippen LogP contribution in [0.1, 0.15) is 10.5 Å². The molecule has 0 saturated carbocycles. The number of rotatable bonds is 4. The molecule has 0 saturated heterocycles. The van der Waals surface area contributed by atoms with Crippen molar-refractivity contribution in [3.05, 3.63) is 50.6 Å². The largest absolute Gasteiger partial charge is 0.464 e. The van der Waals surface area contributed by atoms with Gasteiger partial charge in [-0.1, -0.05) is 0 Å². The number of aromatic nitrogens is 3. The van der Waals surface area contributed by atoms with Crippen LogP contribution >= 0.6 is 11.8 Å². The van der Waals surface area contributed by atoms with Gasteiger partial charge in [-0.3, -0.25) is 14.9 Å². The molecule has 0 aliphatic rings. The Hall–Kier alpha value is -2.75. The number of carbonyl (C=O) groups is 1. The molecule has 0 aromatic carbocycles. The number of ether oxygens (including phenoxy) is 1. The summed E-state index contributed by atoms with van der Waals surface area (Å²) in [7, 11) is 1.18. The first-order valence-electron chi connectivity index (χ1n) is 5.48. The number of hydrogen-bond donors (Lipinski definition) is 1. The summed E-state index contributed by atoms with van der Waals surface area (Å²) in [6, 6.07) is 3.54. The van der Waals surface area contributed by atoms with Gasteiger partial charge in [0.2, 0.25) is 0 Å². The van der Waals surface area contributed by atoms with E-state index in [0.717, 1.165) is 17.8 Å². The molecule has 108 valence electrons. The van der Waals surface area contributed by atoms with Gasteiger partial charge in [-0.15, -0.1) is 0 Å². The number of nitrogens with one attached hydrogen (secondary N) is 1. The topological polar surface area (TPSA) is 128 Å². The fourth-order valence-electron chi connectivity index (χ4n) is 1.36. The number of pyridine rings is 1. The fraction of sp³-hybridized carbons (Fsp3) is 0.0909. The quantitative estimate of drug-likeness (QED) is 0.383. The van der Waals surface area contributed by atoms with Gasteiger partial charge in [-0.05, 0) is 17.8 Å². The van der Waals surface area contributed by atoms with Gasteiger partial charge >= 0.3 is 11.7 Å². The Balaban J connectivity index is 2.46. The zero-order chi connectivity index (χ0) is 15.4. The van der Waals surface area contributed by atoms with Crippen LogP contribution in [0.3, 0.4) is 0 Å². The van der Waals surface area contributed by atoms with Crippen LogP contribution in [0.2, 0.25) is 0 Å². The third kappa shape index (κ3) is 3.42. The van der Waals surface area contributed by atoms with Crippen LogP contribution in [0.4, 0.5) is 5.69 Å². The molecule has 9 nitrogen and oxygen atoms in total. The van der Waals surface area contributed by atoms with Crippen molar-refractivity contribution < 1.29 is 14.5 Å². The lowest BCUT2D eigenvalue weighted by Gasteiger charge is -2.03. The van der Waals surface area contributed by atoms with E-state index >= 15 is 0 Å². The molecule has 2 rings (SSSR count). The minimum atomic E-state index is -0.721. The second-order valence-corrected chi connectivity index (χ2v) is 4.59. The van der Waals surface area contributed by atoms with Gasteiger partial charge in [-0.25, -0.2) is 14.8 Å². The lowest BCUT2D eigenvalue weighted by Crippen LogP contribution is -2.08. The zero-order valence-electron chi connectivity index (χ0n) is 10.6. The number of esters is 1. The van der Waals surface area contributed by atoms with Crippen molar-refractivity contribution in [2.24, 2.45) is 0 Å². The summed E-state index contributed by atoms with van der Waals surface area (Å²) in [5.74, 6) is -0.721. The molecule has 0 fully saturated rings. The monoisotopic (exact) mass is 308 g/mol. The first kappa shape index (κ1) is 14.7. The number of hydrogen-bond acceptors (Lipinski definition) is 8. The maximum atomic E-state index is 11.4. The van der Waals surface area contributed by atoms with Gasteiger partial charge < -0.3 is 9.72 Å². The maximum absolute atomic E-state index is 11.4. The van der Waals surface area contributed by atoms with E-state index in [1.54, 1.807) is 0 Å². The van der Waals surface area contributed by atoms with E-state index in [-0.39, 0.29) is 21.6 Å². The van der Waals surface area contributed by atoms with E-state index < -0.39 is 16.5 Å². The molecule has 0 atom stereocenters. The maximum Gasteiger partial charge on any atom is 0.356 e. The number of aromatic amines is 1. The molecule has 2 aromatic rings. The fourth-order valence-corrected chi connectivity index (χ4v) is 2.20. The Morgan fingerprint density at radius 1 is 1.43 bits per heavy atom. The smallest absolute Gasteiger partial charge is 0.356 e. The van der Waals surface area contributed by atoms with Crippen molar-refractivity contribution >= 4 is 23.4 Å². The summed E-state index contributed by atoms with van der Waals surface area (Å²) in [4.78, 5) is 43.1. The molecular formula is C11H8N4O5S. The molecule has 2 aromatic heterocycles. The van der Waals surface area contributed by atoms with Gasteiger partial charge in [0.15, 0.2) is 10.2 Å². The predicted octanol–water partition coefficient (Wildman–Crippen LogP) is 1.01. The molecule has 0 aliphatic carbocycles. The van der Waals surface area contributed by atoms with Crippen molar-refractivity contribution in [2.45, 2.75) is 10.2 Å². The van der Waals surface area contributed by atoms with Crippen molar-refractivity contribution in [3.63, 3.8) is 0 Å². The summed E-state index contributed by atoms with van der Waals surface area (Å²) < 4.78 is 4.51. The number of carbonyl (C=O) groups excluding carboxylic acids is 1. The van der Waals surface area contributed by atoms with Gasteiger partial charge in [0.1, 0.15) is 5.69 Å². The Morgan fingerprint density at radius 3 is 2.81 bits per heavy atom. The molecule has 21 heavy (non-hydrogen) atoms. The first-order chi connectivity index (χ1) is 10.0. The Bertz CT molecular complexity index is 760. The van der Waals surface area contributed by atoms with Gasteiger partial charge in [-0.2, -0.15) is 0 Å². The molecule has 0 spiro atoms. The van der Waals surface area contributed by atoms with Crippen LogP contribution in [-0.4, -0.2) is 33.0 Å². The van der Waals surface area contributed by atoms with E-state index in [0.29, 0.717) is 0 Å². The van der Waals surface area contributed by atoms with Crippen LogP contribution in [0.5, 0.6) is 0 Å². The van der Waals surface area contributed by atoms with Crippen molar-refractivity contribution in [2.75, 3.05) is 7.11 Å². The van der Waals surface area contributed by atoms with Crippen LogP contribution < -0.4 is 5.56 Å². The summed E-state index contributed by atoms with van der Waals surface area (Å²) >= 11 is 0.772. The number of methoxy groups -OCH3 is 1. The number of nitro groups is 1. The van der Waals surface area contributed by atoms with Crippen LogP contribution in [0, 0.1) is 10.1 Å². The van der Waals surface area contributed by atoms with E-state index in [1.807, 2.05) is 0 Å². The predicted molar refractivity (Wildman–Crippen MR) is 71.2 cm³/mol. The highest BCUT2D eigenvalue weighted by Crippen LogP contribution is 2.30. The molecule has 10 heteroatoms. The van der Waals surface area contributed by atoms with Crippen molar-refractivity contribution in [1.82, 2.24) is 15.0 Å². The van der Waals surface area contributed by atoms with Gasteiger partial charge in [0.25, 0.3) is 5.56 Å². The normalized spacial score (nSPS) is 10.1. The first-order valence-corrected chi connectivity index (χ1v) is 6.30. The van der Waals surface area contributed by atoms with Gasteiger partial charge in [0, 0.05) is 18.3 Å². The average molecular weight is 308 g/mol. The SMILES string of the molecule is COC(=O)c1ccc([N+](=O)[O-])c(Sc2nccc(=O)[nH]2)n1. The minimum Gasteiger partial charge on any atom is -0.464 e. The minimum absolute atomic E-state index is 0.0720. The lowest BCUT2D eigenvalue weighted by molar-refractivity contribution is -0.388. The lowest BCUT2D eigenvalue weighted by atomic mass is 10.3. The highest BCUT2D eigenvalue weighted by molar-refractivity contribution is 7.99. The van der Waals surface area contributed by atoms with E-state index in [9.17, 15) is 19.7 Å². The van der Waals surface area contributed by atoms with E-state index in [2.05, 4.69) is 19.7 Å². The highest BCUT2D eigenvalue weighted by Gasteiger charge is 2.20. The molecule has 0 bridgehead atoms. The van der Waals surface area contributed by atoms with Crippen molar-refractivity contribution in [1.29, 1.82) is 0 Å². The molecule has 1 N–H and O–H groups in total. The molecule has 0 aliphatic heterocycles. The van der Waals surface area contributed by atoms with Crippen LogP contribution in [0.15, 0.2) is 39.4 Å². The molecular weight excluding hydrogens is 300 g/mol. The molecule has 0 amide bonds. The summed E-state index contributed by atoms with van der Waals surface area (Å²) in [6.45, 7) is 0. The standard InChI is InChI=1S/C11H8N4O5S/c1-20-10(17)6-2-3-7(15(18)19)9(13-6)21-11-12-5-4-8(16)14-11/h2-5H,1H3,(H,12,14,16).